The second-order valence-corrected chi connectivity index (χ2v) is 5.95. The number of nitrogens with zero attached hydrogens (tertiary/aromatic N) is 2. The van der Waals surface area contributed by atoms with Crippen molar-refractivity contribution in [3.05, 3.63) is 68.5 Å². The van der Waals surface area contributed by atoms with Gasteiger partial charge in [-0.25, -0.2) is 4.79 Å². The summed E-state index contributed by atoms with van der Waals surface area (Å²) >= 11 is 0. The molecule has 0 aliphatic carbocycles. The van der Waals surface area contributed by atoms with Gasteiger partial charge in [0.2, 0.25) is 5.91 Å². The number of hydrogen-bond donors (Lipinski definition) is 1. The molecule has 0 radical (unpaired) electrons. The highest BCUT2D eigenvalue weighted by Gasteiger charge is 2.12. The number of rotatable bonds is 6. The normalized spacial score (nSPS) is 12.0. The molecule has 1 amide bonds. The lowest BCUT2D eigenvalue weighted by Crippen LogP contribution is -2.44. The van der Waals surface area contributed by atoms with Crippen LogP contribution in [0, 0.1) is 6.92 Å². The molecule has 0 bridgehead atoms. The maximum Gasteiger partial charge on any atom is 0.331 e. The standard InChI is InChI=1S/C18H23N3O3/c1-4-14(3)19-16(22)12-21-17(23)9-10-20(18(21)24)11-15-8-6-5-7-13(15)2/h5-10,14H,4,11-12H2,1-3H3,(H,19,22). The fraction of sp³-hybridized carbons (Fsp3) is 0.389. The molecule has 2 rings (SSSR count). The number of amides is 1. The first-order chi connectivity index (χ1) is 11.4. The number of nitrogens with one attached hydrogen (secondary N) is 1. The van der Waals surface area contributed by atoms with E-state index in [1.165, 1.54) is 16.8 Å². The average molecular weight is 329 g/mol. The first-order valence-electron chi connectivity index (χ1n) is 8.06. The third kappa shape index (κ3) is 4.22. The van der Waals surface area contributed by atoms with E-state index in [4.69, 9.17) is 0 Å². The zero-order chi connectivity index (χ0) is 17.7. The van der Waals surface area contributed by atoms with Gasteiger partial charge < -0.3 is 5.32 Å². The lowest BCUT2D eigenvalue weighted by Gasteiger charge is -2.13. The first-order valence-corrected chi connectivity index (χ1v) is 8.06. The molecule has 0 saturated carbocycles. The maximum absolute atomic E-state index is 12.5. The monoisotopic (exact) mass is 329 g/mol. The quantitative estimate of drug-likeness (QED) is 0.868. The van der Waals surface area contributed by atoms with E-state index < -0.39 is 11.2 Å². The van der Waals surface area contributed by atoms with Crippen molar-refractivity contribution in [3.8, 4) is 0 Å². The fourth-order valence-corrected chi connectivity index (χ4v) is 2.36. The lowest BCUT2D eigenvalue weighted by atomic mass is 10.1. The van der Waals surface area contributed by atoms with Gasteiger partial charge >= 0.3 is 5.69 Å². The van der Waals surface area contributed by atoms with Gasteiger partial charge in [0, 0.05) is 18.3 Å². The van der Waals surface area contributed by atoms with E-state index in [9.17, 15) is 14.4 Å². The van der Waals surface area contributed by atoms with Gasteiger partial charge in [0.25, 0.3) is 5.56 Å². The molecule has 0 saturated heterocycles. The molecule has 1 N–H and O–H groups in total. The van der Waals surface area contributed by atoms with Crippen molar-refractivity contribution in [1.29, 1.82) is 0 Å². The van der Waals surface area contributed by atoms with Gasteiger partial charge in [-0.3, -0.25) is 18.7 Å². The van der Waals surface area contributed by atoms with E-state index in [2.05, 4.69) is 5.32 Å². The largest absolute Gasteiger partial charge is 0.352 e. The SMILES string of the molecule is CCC(C)NC(=O)Cn1c(=O)ccn(Cc2ccccc2C)c1=O. The van der Waals surface area contributed by atoms with Crippen LogP contribution in [0.4, 0.5) is 0 Å². The van der Waals surface area contributed by atoms with Gasteiger partial charge in [0.15, 0.2) is 0 Å². The maximum atomic E-state index is 12.5. The van der Waals surface area contributed by atoms with Gasteiger partial charge in [-0.05, 0) is 31.4 Å². The highest BCUT2D eigenvalue weighted by molar-refractivity contribution is 5.75. The number of aromatic nitrogens is 2. The Hall–Kier alpha value is -2.63. The zero-order valence-electron chi connectivity index (χ0n) is 14.3. The Morgan fingerprint density at radius 1 is 1.21 bits per heavy atom. The summed E-state index contributed by atoms with van der Waals surface area (Å²) in [6.45, 7) is 5.89. The summed E-state index contributed by atoms with van der Waals surface area (Å²) in [6, 6.07) is 9.06. The average Bonchev–Trinajstić information content (AvgIpc) is 2.55. The minimum Gasteiger partial charge on any atom is -0.352 e. The molecule has 1 atom stereocenters. The molecular weight excluding hydrogens is 306 g/mol. The van der Waals surface area contributed by atoms with Gasteiger partial charge in [-0.1, -0.05) is 31.2 Å². The smallest absolute Gasteiger partial charge is 0.331 e. The van der Waals surface area contributed by atoms with Crippen LogP contribution in [0.1, 0.15) is 31.4 Å². The Bertz CT molecular complexity index is 836. The van der Waals surface area contributed by atoms with Gasteiger partial charge in [0.05, 0.1) is 6.54 Å². The molecule has 0 aliphatic heterocycles. The Balaban J connectivity index is 2.28. The van der Waals surface area contributed by atoms with Crippen LogP contribution < -0.4 is 16.6 Å². The van der Waals surface area contributed by atoms with Crippen LogP contribution in [-0.2, 0) is 17.9 Å². The van der Waals surface area contributed by atoms with Crippen LogP contribution >= 0.6 is 0 Å². The van der Waals surface area contributed by atoms with Gasteiger partial charge in [-0.15, -0.1) is 0 Å². The van der Waals surface area contributed by atoms with E-state index in [0.29, 0.717) is 6.54 Å². The summed E-state index contributed by atoms with van der Waals surface area (Å²) in [5.41, 5.74) is 1.11. The number of aryl methyl sites for hydroxylation is 1. The van der Waals surface area contributed by atoms with Crippen molar-refractivity contribution in [2.75, 3.05) is 0 Å². The van der Waals surface area contributed by atoms with Crippen molar-refractivity contribution in [1.82, 2.24) is 14.5 Å². The second-order valence-electron chi connectivity index (χ2n) is 5.95. The van der Waals surface area contributed by atoms with Crippen molar-refractivity contribution >= 4 is 5.91 Å². The van der Waals surface area contributed by atoms with E-state index in [-0.39, 0.29) is 18.5 Å². The van der Waals surface area contributed by atoms with Crippen LogP contribution in [0.15, 0.2) is 46.1 Å². The number of carbonyl (C=O) groups excluding carboxylic acids is 1. The summed E-state index contributed by atoms with van der Waals surface area (Å²) in [6.07, 6.45) is 2.26. The van der Waals surface area contributed by atoms with Crippen molar-refractivity contribution in [2.45, 2.75) is 46.3 Å². The third-order valence-corrected chi connectivity index (χ3v) is 4.06. The summed E-state index contributed by atoms with van der Waals surface area (Å²) in [5, 5.41) is 2.76. The van der Waals surface area contributed by atoms with Crippen molar-refractivity contribution < 1.29 is 4.79 Å². The van der Waals surface area contributed by atoms with E-state index in [1.807, 2.05) is 45.0 Å². The molecule has 1 aromatic carbocycles. The molecule has 0 fully saturated rings. The van der Waals surface area contributed by atoms with Gasteiger partial charge in [0.1, 0.15) is 6.54 Å². The Labute approximate surface area is 140 Å². The summed E-state index contributed by atoms with van der Waals surface area (Å²) < 4.78 is 2.41. The molecular formula is C18H23N3O3. The van der Waals surface area contributed by atoms with E-state index >= 15 is 0 Å². The molecule has 6 nitrogen and oxygen atoms in total. The Morgan fingerprint density at radius 3 is 2.58 bits per heavy atom. The Morgan fingerprint density at radius 2 is 1.92 bits per heavy atom. The predicted octanol–water partition coefficient (Wildman–Crippen LogP) is 1.28. The van der Waals surface area contributed by atoms with Crippen LogP contribution in [0.3, 0.4) is 0 Å². The molecule has 2 aromatic rings. The molecule has 24 heavy (non-hydrogen) atoms. The van der Waals surface area contributed by atoms with Crippen LogP contribution in [-0.4, -0.2) is 21.1 Å². The fourth-order valence-electron chi connectivity index (χ4n) is 2.36. The zero-order valence-corrected chi connectivity index (χ0v) is 14.3. The van der Waals surface area contributed by atoms with Crippen molar-refractivity contribution in [3.63, 3.8) is 0 Å². The lowest BCUT2D eigenvalue weighted by molar-refractivity contribution is -0.122. The summed E-state index contributed by atoms with van der Waals surface area (Å²) in [7, 11) is 0. The second kappa shape index (κ2) is 7.77. The first kappa shape index (κ1) is 17.7. The van der Waals surface area contributed by atoms with Crippen molar-refractivity contribution in [2.24, 2.45) is 0 Å². The minimum absolute atomic E-state index is 0.00566. The van der Waals surface area contributed by atoms with Gasteiger partial charge in [-0.2, -0.15) is 0 Å². The minimum atomic E-state index is -0.481. The molecule has 1 heterocycles. The highest BCUT2D eigenvalue weighted by Crippen LogP contribution is 2.07. The van der Waals surface area contributed by atoms with Crippen LogP contribution in [0.2, 0.25) is 0 Å². The molecule has 0 aliphatic rings. The molecule has 1 aromatic heterocycles. The molecule has 1 unspecified atom stereocenters. The molecule has 128 valence electrons. The Kier molecular flexibility index (Phi) is 5.73. The molecule has 6 heteroatoms. The number of hydrogen-bond acceptors (Lipinski definition) is 3. The van der Waals surface area contributed by atoms with E-state index in [0.717, 1.165) is 22.1 Å². The summed E-state index contributed by atoms with van der Waals surface area (Å²) in [5.74, 6) is -0.336. The number of benzene rings is 1. The molecule has 0 spiro atoms. The van der Waals surface area contributed by atoms with Crippen LogP contribution in [0.25, 0.3) is 0 Å². The van der Waals surface area contributed by atoms with Crippen LogP contribution in [0.5, 0.6) is 0 Å². The third-order valence-electron chi connectivity index (χ3n) is 4.06. The predicted molar refractivity (Wildman–Crippen MR) is 93.1 cm³/mol. The van der Waals surface area contributed by atoms with E-state index in [1.54, 1.807) is 0 Å². The highest BCUT2D eigenvalue weighted by atomic mass is 16.2. The summed E-state index contributed by atoms with van der Waals surface area (Å²) in [4.78, 5) is 36.5. The number of carbonyl (C=O) groups is 1. The topological polar surface area (TPSA) is 73.1 Å².